The van der Waals surface area contributed by atoms with Crippen LogP contribution in [0.3, 0.4) is 0 Å². The van der Waals surface area contributed by atoms with E-state index in [4.69, 9.17) is 11.6 Å². The first-order valence-electron chi connectivity index (χ1n) is 6.52. The molecule has 17 heavy (non-hydrogen) atoms. The molecular weight excluding hydrogens is 230 g/mol. The summed E-state index contributed by atoms with van der Waals surface area (Å²) in [5.41, 5.74) is 3.91. The Balaban J connectivity index is 2.15. The molecule has 94 valence electrons. The Hall–Kier alpha value is -0.690. The van der Waals surface area contributed by atoms with Crippen LogP contribution in [0.4, 0.5) is 5.69 Å². The van der Waals surface area contributed by atoms with E-state index in [0.717, 1.165) is 11.8 Å². The molecule has 1 saturated heterocycles. The van der Waals surface area contributed by atoms with E-state index in [1.165, 1.54) is 36.3 Å². The van der Waals surface area contributed by atoms with Gasteiger partial charge in [-0.1, -0.05) is 19.9 Å². The van der Waals surface area contributed by atoms with Gasteiger partial charge in [0.1, 0.15) is 0 Å². The van der Waals surface area contributed by atoms with Crippen LogP contribution in [0.25, 0.3) is 0 Å². The fourth-order valence-corrected chi connectivity index (χ4v) is 2.82. The molecular formula is C15H22ClN. The number of nitrogens with zero attached hydrogens (tertiary/aromatic N) is 1. The number of benzene rings is 1. The number of halogens is 1. The second-order valence-electron chi connectivity index (χ2n) is 5.43. The second kappa shape index (κ2) is 5.30. The van der Waals surface area contributed by atoms with Gasteiger partial charge in [0.2, 0.25) is 0 Å². The number of piperidine rings is 1. The minimum Gasteiger partial charge on any atom is -0.371 e. The summed E-state index contributed by atoms with van der Waals surface area (Å²) in [6.07, 6.45) is 1.30. The highest BCUT2D eigenvalue weighted by Crippen LogP contribution is 2.28. The maximum Gasteiger partial charge on any atom is 0.0476 e. The molecule has 2 heteroatoms. The van der Waals surface area contributed by atoms with Crippen molar-refractivity contribution in [1.29, 1.82) is 0 Å². The molecule has 1 aromatic rings. The standard InChI is InChI=1S/C15H22ClN/c1-11-6-7-17(10-13(11)3)15-5-4-14(9-16)12(2)8-15/h4-5,8,11,13H,6-7,9-10H2,1-3H3. The summed E-state index contributed by atoms with van der Waals surface area (Å²) in [6, 6.07) is 6.66. The molecule has 0 spiro atoms. The predicted octanol–water partition coefficient (Wildman–Crippen LogP) is 4.22. The van der Waals surface area contributed by atoms with Gasteiger partial charge in [0.25, 0.3) is 0 Å². The maximum atomic E-state index is 5.90. The van der Waals surface area contributed by atoms with Gasteiger partial charge < -0.3 is 4.90 Å². The van der Waals surface area contributed by atoms with E-state index in [-0.39, 0.29) is 0 Å². The van der Waals surface area contributed by atoms with Crippen molar-refractivity contribution < 1.29 is 0 Å². The molecule has 2 atom stereocenters. The number of aryl methyl sites for hydroxylation is 1. The predicted molar refractivity (Wildman–Crippen MR) is 75.9 cm³/mol. The summed E-state index contributed by atoms with van der Waals surface area (Å²) < 4.78 is 0. The van der Waals surface area contributed by atoms with Crippen molar-refractivity contribution >= 4 is 17.3 Å². The van der Waals surface area contributed by atoms with Gasteiger partial charge in [0, 0.05) is 24.7 Å². The minimum absolute atomic E-state index is 0.611. The lowest BCUT2D eigenvalue weighted by Crippen LogP contribution is -2.38. The second-order valence-corrected chi connectivity index (χ2v) is 5.70. The fraction of sp³-hybridized carbons (Fsp3) is 0.600. The number of rotatable bonds is 2. The molecule has 1 aliphatic heterocycles. The average Bonchev–Trinajstić information content (AvgIpc) is 2.32. The van der Waals surface area contributed by atoms with Crippen LogP contribution in [0.15, 0.2) is 18.2 Å². The van der Waals surface area contributed by atoms with Crippen LogP contribution in [-0.4, -0.2) is 13.1 Å². The lowest BCUT2D eigenvalue weighted by Gasteiger charge is -2.37. The molecule has 1 heterocycles. The molecule has 0 N–H and O–H groups in total. The van der Waals surface area contributed by atoms with Crippen molar-refractivity contribution in [2.45, 2.75) is 33.1 Å². The summed E-state index contributed by atoms with van der Waals surface area (Å²) in [5.74, 6) is 2.26. The molecule has 0 bridgehead atoms. The number of anilines is 1. The summed E-state index contributed by atoms with van der Waals surface area (Å²) >= 11 is 5.90. The third-order valence-electron chi connectivity index (χ3n) is 4.17. The Labute approximate surface area is 110 Å². The molecule has 1 aliphatic rings. The highest BCUT2D eigenvalue weighted by atomic mass is 35.5. The molecule has 1 nitrogen and oxygen atoms in total. The van der Waals surface area contributed by atoms with Crippen molar-refractivity contribution in [3.05, 3.63) is 29.3 Å². The Morgan fingerprint density at radius 1 is 1.29 bits per heavy atom. The third kappa shape index (κ3) is 2.77. The third-order valence-corrected chi connectivity index (χ3v) is 4.46. The van der Waals surface area contributed by atoms with E-state index in [9.17, 15) is 0 Å². The molecule has 2 rings (SSSR count). The van der Waals surface area contributed by atoms with Gasteiger partial charge in [-0.15, -0.1) is 11.6 Å². The van der Waals surface area contributed by atoms with Crippen LogP contribution in [-0.2, 0) is 5.88 Å². The Bertz CT molecular complexity index is 389. The topological polar surface area (TPSA) is 3.24 Å². The average molecular weight is 252 g/mol. The summed E-state index contributed by atoms with van der Waals surface area (Å²) in [4.78, 5) is 2.51. The smallest absolute Gasteiger partial charge is 0.0476 e. The first-order valence-corrected chi connectivity index (χ1v) is 7.05. The number of alkyl halides is 1. The van der Waals surface area contributed by atoms with Crippen molar-refractivity contribution in [3.63, 3.8) is 0 Å². The zero-order valence-electron chi connectivity index (χ0n) is 11.0. The molecule has 0 amide bonds. The zero-order valence-corrected chi connectivity index (χ0v) is 11.8. The van der Waals surface area contributed by atoms with Gasteiger partial charge >= 0.3 is 0 Å². The fourth-order valence-electron chi connectivity index (χ4n) is 2.52. The first-order chi connectivity index (χ1) is 8.11. The molecule has 0 radical (unpaired) electrons. The summed E-state index contributed by atoms with van der Waals surface area (Å²) in [7, 11) is 0. The van der Waals surface area contributed by atoms with Crippen LogP contribution in [0, 0.1) is 18.8 Å². The van der Waals surface area contributed by atoms with Crippen LogP contribution >= 0.6 is 11.6 Å². The molecule has 0 saturated carbocycles. The zero-order chi connectivity index (χ0) is 12.4. The maximum absolute atomic E-state index is 5.90. The van der Waals surface area contributed by atoms with E-state index >= 15 is 0 Å². The first kappa shape index (κ1) is 12.8. The van der Waals surface area contributed by atoms with Gasteiger partial charge in [0.05, 0.1) is 0 Å². The lowest BCUT2D eigenvalue weighted by atomic mass is 9.88. The highest BCUT2D eigenvalue weighted by Gasteiger charge is 2.22. The van der Waals surface area contributed by atoms with Gasteiger partial charge in [-0.25, -0.2) is 0 Å². The molecule has 0 aromatic heterocycles. The van der Waals surface area contributed by atoms with Crippen molar-refractivity contribution in [2.24, 2.45) is 11.8 Å². The summed E-state index contributed by atoms with van der Waals surface area (Å²) in [6.45, 7) is 9.24. The Morgan fingerprint density at radius 3 is 2.65 bits per heavy atom. The molecule has 1 fully saturated rings. The van der Waals surface area contributed by atoms with Gasteiger partial charge in [-0.2, -0.15) is 0 Å². The van der Waals surface area contributed by atoms with E-state index < -0.39 is 0 Å². The van der Waals surface area contributed by atoms with E-state index in [2.05, 4.69) is 43.9 Å². The quantitative estimate of drug-likeness (QED) is 0.712. The summed E-state index contributed by atoms with van der Waals surface area (Å²) in [5, 5.41) is 0. The van der Waals surface area contributed by atoms with Crippen molar-refractivity contribution in [1.82, 2.24) is 0 Å². The molecule has 0 aliphatic carbocycles. The van der Waals surface area contributed by atoms with Crippen LogP contribution < -0.4 is 4.90 Å². The normalized spacial score (nSPS) is 25.1. The van der Waals surface area contributed by atoms with Gasteiger partial charge in [-0.05, 0) is 48.4 Å². The van der Waals surface area contributed by atoms with Crippen molar-refractivity contribution in [2.75, 3.05) is 18.0 Å². The van der Waals surface area contributed by atoms with Gasteiger partial charge in [0.15, 0.2) is 0 Å². The van der Waals surface area contributed by atoms with Crippen molar-refractivity contribution in [3.8, 4) is 0 Å². The van der Waals surface area contributed by atoms with Crippen LogP contribution in [0.5, 0.6) is 0 Å². The minimum atomic E-state index is 0.611. The molecule has 1 aromatic carbocycles. The lowest BCUT2D eigenvalue weighted by molar-refractivity contribution is 0.324. The largest absolute Gasteiger partial charge is 0.371 e. The monoisotopic (exact) mass is 251 g/mol. The highest BCUT2D eigenvalue weighted by molar-refractivity contribution is 6.17. The van der Waals surface area contributed by atoms with E-state index in [1.807, 2.05) is 0 Å². The number of hydrogen-bond acceptors (Lipinski definition) is 1. The van der Waals surface area contributed by atoms with E-state index in [0.29, 0.717) is 5.88 Å². The SMILES string of the molecule is Cc1cc(N2CCC(C)C(C)C2)ccc1CCl. The molecule has 2 unspecified atom stereocenters. The Kier molecular flexibility index (Phi) is 3.98. The van der Waals surface area contributed by atoms with Crippen LogP contribution in [0.2, 0.25) is 0 Å². The number of hydrogen-bond donors (Lipinski definition) is 0. The van der Waals surface area contributed by atoms with Gasteiger partial charge in [-0.3, -0.25) is 0 Å². The van der Waals surface area contributed by atoms with Crippen LogP contribution in [0.1, 0.15) is 31.4 Å². The Morgan fingerprint density at radius 2 is 2.06 bits per heavy atom. The van der Waals surface area contributed by atoms with E-state index in [1.54, 1.807) is 0 Å².